The first-order valence-electron chi connectivity index (χ1n) is 4.68. The second-order valence-corrected chi connectivity index (χ2v) is 4.43. The van der Waals surface area contributed by atoms with E-state index in [0.29, 0.717) is 25.0 Å². The van der Waals surface area contributed by atoms with Gasteiger partial charge in [0.05, 0.1) is 6.61 Å². The number of nitrogens with one attached hydrogen (secondary N) is 1. The van der Waals surface area contributed by atoms with Crippen molar-refractivity contribution in [3.63, 3.8) is 0 Å². The van der Waals surface area contributed by atoms with Crippen LogP contribution < -0.4 is 5.32 Å². The van der Waals surface area contributed by atoms with Gasteiger partial charge in [-0.1, -0.05) is 0 Å². The number of alkyl halides is 1. The van der Waals surface area contributed by atoms with Crippen LogP contribution in [-0.2, 0) is 4.74 Å². The normalized spacial score (nSPS) is 10.3. The first kappa shape index (κ1) is 12.9. The highest BCUT2D eigenvalue weighted by atomic mass is 127. The third-order valence-corrected chi connectivity index (χ3v) is 2.30. The van der Waals surface area contributed by atoms with E-state index >= 15 is 0 Å². The van der Waals surface area contributed by atoms with Gasteiger partial charge < -0.3 is 10.1 Å². The summed E-state index contributed by atoms with van der Waals surface area (Å²) in [7, 11) is 0. The van der Waals surface area contributed by atoms with Gasteiger partial charge in [0, 0.05) is 35.0 Å². The molecule has 0 amide bonds. The second kappa shape index (κ2) is 8.06. The van der Waals surface area contributed by atoms with Crippen LogP contribution in [0.25, 0.3) is 0 Å². The number of ether oxygens (including phenoxy) is 1. The van der Waals surface area contributed by atoms with Crippen molar-refractivity contribution >= 4 is 40.1 Å². The van der Waals surface area contributed by atoms with Crippen LogP contribution in [0.4, 0.5) is 5.95 Å². The molecule has 0 aliphatic heterocycles. The van der Waals surface area contributed by atoms with Gasteiger partial charge >= 0.3 is 0 Å². The lowest BCUT2D eigenvalue weighted by Crippen LogP contribution is -2.08. The molecule has 0 spiro atoms. The van der Waals surface area contributed by atoms with E-state index in [1.807, 2.05) is 0 Å². The molecule has 0 aliphatic carbocycles. The Morgan fingerprint density at radius 2 is 2.07 bits per heavy atom. The van der Waals surface area contributed by atoms with Crippen LogP contribution in [0.3, 0.4) is 0 Å². The molecule has 0 aliphatic rings. The second-order valence-electron chi connectivity index (χ2n) is 2.81. The first-order valence-corrected chi connectivity index (χ1v) is 6.29. The van der Waals surface area contributed by atoms with Crippen molar-refractivity contribution in [1.82, 2.24) is 9.97 Å². The van der Waals surface area contributed by atoms with E-state index in [-0.39, 0.29) is 0 Å². The number of nitrogens with zero attached hydrogens (tertiary/aromatic N) is 2. The number of anilines is 1. The minimum absolute atomic E-state index is 0.549. The lowest BCUT2D eigenvalue weighted by atomic mass is 10.4. The average Bonchev–Trinajstić information content (AvgIpc) is 2.26. The van der Waals surface area contributed by atoms with E-state index in [2.05, 4.69) is 37.9 Å². The summed E-state index contributed by atoms with van der Waals surface area (Å²) in [6.07, 6.45) is 4.48. The summed E-state index contributed by atoms with van der Waals surface area (Å²) in [6, 6.07) is 0. The molecule has 15 heavy (non-hydrogen) atoms. The number of aromatic nitrogens is 2. The van der Waals surface area contributed by atoms with Gasteiger partial charge in [-0.25, -0.2) is 9.97 Å². The molecule has 84 valence electrons. The topological polar surface area (TPSA) is 47.0 Å². The number of halogens is 2. The molecule has 0 unspecified atom stereocenters. The molecule has 0 radical (unpaired) electrons. The molecular formula is C9H13ClIN3O. The first-order chi connectivity index (χ1) is 7.33. The minimum atomic E-state index is 0.549. The largest absolute Gasteiger partial charge is 0.380 e. The Balaban J connectivity index is 2.07. The highest BCUT2D eigenvalue weighted by Crippen LogP contribution is 2.02. The summed E-state index contributed by atoms with van der Waals surface area (Å²) in [5, 5.41) is 3.11. The molecule has 0 saturated heterocycles. The van der Waals surface area contributed by atoms with Crippen molar-refractivity contribution in [3.05, 3.63) is 16.0 Å². The zero-order valence-corrected chi connectivity index (χ0v) is 11.2. The molecule has 0 saturated carbocycles. The highest BCUT2D eigenvalue weighted by molar-refractivity contribution is 14.1. The van der Waals surface area contributed by atoms with Gasteiger partial charge in [0.15, 0.2) is 0 Å². The fraction of sp³-hybridized carbons (Fsp3) is 0.556. The molecule has 4 nitrogen and oxygen atoms in total. The van der Waals surface area contributed by atoms with Crippen LogP contribution in [0.1, 0.15) is 6.42 Å². The summed E-state index contributed by atoms with van der Waals surface area (Å²) in [4.78, 5) is 8.24. The fourth-order valence-electron chi connectivity index (χ4n) is 0.935. The molecule has 6 heteroatoms. The Morgan fingerprint density at radius 3 is 2.73 bits per heavy atom. The van der Waals surface area contributed by atoms with Crippen LogP contribution in [0.2, 0.25) is 0 Å². The molecular weight excluding hydrogens is 328 g/mol. The Morgan fingerprint density at radius 1 is 1.33 bits per heavy atom. The van der Waals surface area contributed by atoms with Crippen LogP contribution in [-0.4, -0.2) is 35.6 Å². The van der Waals surface area contributed by atoms with Crippen LogP contribution in [0.15, 0.2) is 12.4 Å². The molecule has 1 heterocycles. The van der Waals surface area contributed by atoms with Crippen molar-refractivity contribution in [3.8, 4) is 0 Å². The molecule has 0 atom stereocenters. The van der Waals surface area contributed by atoms with Gasteiger partial charge in [0.1, 0.15) is 0 Å². The predicted octanol–water partition coefficient (Wildman–Crippen LogP) is 2.14. The molecule has 1 N–H and O–H groups in total. The Kier molecular flexibility index (Phi) is 6.95. The van der Waals surface area contributed by atoms with Gasteiger partial charge in [0.25, 0.3) is 0 Å². The number of hydrogen-bond donors (Lipinski definition) is 1. The standard InChI is InChI=1S/C9H13ClIN3O/c10-2-5-15-4-1-3-12-9-13-6-8(11)7-14-9/h6-7H,1-5H2,(H,12,13,14). The molecule has 0 fully saturated rings. The highest BCUT2D eigenvalue weighted by Gasteiger charge is 1.94. The van der Waals surface area contributed by atoms with Crippen molar-refractivity contribution in [1.29, 1.82) is 0 Å². The molecule has 1 aromatic heterocycles. The van der Waals surface area contributed by atoms with Gasteiger partial charge in [-0.05, 0) is 29.0 Å². The molecule has 1 rings (SSSR count). The summed E-state index contributed by atoms with van der Waals surface area (Å²) in [6.45, 7) is 2.13. The smallest absolute Gasteiger partial charge is 0.222 e. The number of hydrogen-bond acceptors (Lipinski definition) is 4. The van der Waals surface area contributed by atoms with E-state index in [1.54, 1.807) is 12.4 Å². The van der Waals surface area contributed by atoms with Crippen molar-refractivity contribution in [2.24, 2.45) is 0 Å². The van der Waals surface area contributed by atoms with E-state index in [4.69, 9.17) is 16.3 Å². The van der Waals surface area contributed by atoms with Gasteiger partial charge in [-0.2, -0.15) is 0 Å². The van der Waals surface area contributed by atoms with Crippen molar-refractivity contribution < 1.29 is 4.74 Å². The quantitative estimate of drug-likeness (QED) is 0.469. The van der Waals surface area contributed by atoms with Gasteiger partial charge in [-0.15, -0.1) is 11.6 Å². The van der Waals surface area contributed by atoms with Crippen molar-refractivity contribution in [2.45, 2.75) is 6.42 Å². The monoisotopic (exact) mass is 341 g/mol. The summed E-state index contributed by atoms with van der Waals surface area (Å²) < 4.78 is 6.26. The van der Waals surface area contributed by atoms with E-state index in [0.717, 1.165) is 16.5 Å². The van der Waals surface area contributed by atoms with E-state index in [9.17, 15) is 0 Å². The third kappa shape index (κ3) is 6.11. The third-order valence-electron chi connectivity index (χ3n) is 1.59. The maximum Gasteiger partial charge on any atom is 0.222 e. The van der Waals surface area contributed by atoms with Crippen LogP contribution >= 0.6 is 34.2 Å². The summed E-state index contributed by atoms with van der Waals surface area (Å²) >= 11 is 7.64. The Labute approximate surface area is 108 Å². The maximum atomic E-state index is 5.46. The fourth-order valence-corrected chi connectivity index (χ4v) is 1.32. The lowest BCUT2D eigenvalue weighted by Gasteiger charge is -2.04. The molecule has 0 bridgehead atoms. The number of rotatable bonds is 7. The summed E-state index contributed by atoms with van der Waals surface area (Å²) in [5.74, 6) is 1.21. The van der Waals surface area contributed by atoms with Gasteiger partial charge in [0.2, 0.25) is 5.95 Å². The SMILES string of the molecule is ClCCOCCCNc1ncc(I)cn1. The van der Waals surface area contributed by atoms with Crippen LogP contribution in [0, 0.1) is 3.57 Å². The summed E-state index contributed by atoms with van der Waals surface area (Å²) in [5.41, 5.74) is 0. The van der Waals surface area contributed by atoms with Crippen molar-refractivity contribution in [2.75, 3.05) is 31.0 Å². The van der Waals surface area contributed by atoms with E-state index in [1.165, 1.54) is 0 Å². The molecule has 1 aromatic rings. The minimum Gasteiger partial charge on any atom is -0.380 e. The Hall–Kier alpha value is -0.140. The maximum absolute atomic E-state index is 5.46. The predicted molar refractivity (Wildman–Crippen MR) is 69.4 cm³/mol. The zero-order chi connectivity index (χ0) is 10.9. The Bertz CT molecular complexity index is 271. The van der Waals surface area contributed by atoms with Crippen LogP contribution in [0.5, 0.6) is 0 Å². The lowest BCUT2D eigenvalue weighted by molar-refractivity contribution is 0.149. The zero-order valence-electron chi connectivity index (χ0n) is 8.25. The van der Waals surface area contributed by atoms with E-state index < -0.39 is 0 Å². The average molecular weight is 342 g/mol. The molecule has 0 aromatic carbocycles. The van der Waals surface area contributed by atoms with Gasteiger partial charge in [-0.3, -0.25) is 0 Å².